The fourth-order valence-electron chi connectivity index (χ4n) is 2.09. The first-order valence-corrected chi connectivity index (χ1v) is 7.91. The lowest BCUT2D eigenvalue weighted by atomic mass is 10.1. The Kier molecular flexibility index (Phi) is 8.12. The Bertz CT molecular complexity index is 507. The molecule has 0 saturated carbocycles. The third-order valence-corrected chi connectivity index (χ3v) is 3.96. The summed E-state index contributed by atoms with van der Waals surface area (Å²) in [6.07, 6.45) is 0.709. The molecule has 5 nitrogen and oxygen atoms in total. The lowest BCUT2D eigenvalue weighted by molar-refractivity contribution is -0.145. The first-order chi connectivity index (χ1) is 10.5. The smallest absolute Gasteiger partial charge is 0.310 e. The van der Waals surface area contributed by atoms with E-state index in [9.17, 15) is 9.59 Å². The molecule has 0 N–H and O–H groups in total. The highest BCUT2D eigenvalue weighted by Gasteiger charge is 2.23. The Morgan fingerprint density at radius 3 is 2.55 bits per heavy atom. The quantitative estimate of drug-likeness (QED) is 0.520. The number of rotatable bonds is 8. The summed E-state index contributed by atoms with van der Waals surface area (Å²) in [6, 6.07) is 7.26. The Morgan fingerprint density at radius 1 is 1.27 bits per heavy atom. The molecule has 0 aliphatic heterocycles. The molecule has 1 atom stereocenters. The van der Waals surface area contributed by atoms with E-state index in [-0.39, 0.29) is 17.8 Å². The number of hydrogen-bond donors (Lipinski definition) is 0. The van der Waals surface area contributed by atoms with Crippen LogP contribution in [0.5, 0.6) is 0 Å². The topological polar surface area (TPSA) is 55.8 Å². The van der Waals surface area contributed by atoms with Gasteiger partial charge in [0.2, 0.25) is 0 Å². The van der Waals surface area contributed by atoms with Crippen molar-refractivity contribution in [2.24, 2.45) is 5.92 Å². The predicted octanol–water partition coefficient (Wildman–Crippen LogP) is 2.74. The average molecular weight is 372 g/mol. The van der Waals surface area contributed by atoms with Crippen molar-refractivity contribution in [3.8, 4) is 0 Å². The van der Waals surface area contributed by atoms with Gasteiger partial charge in [0.05, 0.1) is 18.6 Å². The summed E-state index contributed by atoms with van der Waals surface area (Å²) in [5, 5.41) is 0. The lowest BCUT2D eigenvalue weighted by Gasteiger charge is -2.25. The van der Waals surface area contributed by atoms with Gasteiger partial charge in [-0.1, -0.05) is 19.1 Å². The minimum Gasteiger partial charge on any atom is -0.469 e. The van der Waals surface area contributed by atoms with Gasteiger partial charge >= 0.3 is 5.97 Å². The summed E-state index contributed by atoms with van der Waals surface area (Å²) < 4.78 is 10.5. The van der Waals surface area contributed by atoms with Crippen molar-refractivity contribution in [2.45, 2.75) is 13.3 Å². The number of benzene rings is 1. The van der Waals surface area contributed by atoms with Gasteiger partial charge in [0.25, 0.3) is 5.91 Å². The maximum atomic E-state index is 12.7. The summed E-state index contributed by atoms with van der Waals surface area (Å²) in [7, 11) is 2.97. The fourth-order valence-corrected chi connectivity index (χ4v) is 2.54. The van der Waals surface area contributed by atoms with Crippen LogP contribution in [0.2, 0.25) is 0 Å². The third kappa shape index (κ3) is 5.42. The normalized spacial score (nSPS) is 11.8. The molecule has 1 unspecified atom stereocenters. The lowest BCUT2D eigenvalue weighted by Crippen LogP contribution is -2.38. The van der Waals surface area contributed by atoms with Gasteiger partial charge in [0.15, 0.2) is 0 Å². The molecule has 1 aromatic rings. The van der Waals surface area contributed by atoms with Crippen LogP contribution >= 0.6 is 15.9 Å². The van der Waals surface area contributed by atoms with Gasteiger partial charge in [-0.25, -0.2) is 0 Å². The highest BCUT2D eigenvalue weighted by Crippen LogP contribution is 2.19. The number of carbonyl (C=O) groups excluding carboxylic acids is 2. The van der Waals surface area contributed by atoms with E-state index in [0.29, 0.717) is 31.7 Å². The van der Waals surface area contributed by atoms with Crippen LogP contribution in [0, 0.1) is 5.92 Å². The minimum atomic E-state index is -0.376. The molecule has 1 aromatic carbocycles. The van der Waals surface area contributed by atoms with Gasteiger partial charge in [0, 0.05) is 31.3 Å². The van der Waals surface area contributed by atoms with E-state index in [0.717, 1.165) is 4.47 Å². The predicted molar refractivity (Wildman–Crippen MR) is 87.7 cm³/mol. The van der Waals surface area contributed by atoms with E-state index >= 15 is 0 Å². The van der Waals surface area contributed by atoms with Crippen LogP contribution in [0.4, 0.5) is 0 Å². The Balaban J connectivity index is 2.86. The second-order valence-corrected chi connectivity index (χ2v) is 5.86. The molecule has 0 heterocycles. The number of halogens is 1. The highest BCUT2D eigenvalue weighted by atomic mass is 79.9. The van der Waals surface area contributed by atoms with Crippen LogP contribution in [0.3, 0.4) is 0 Å². The first kappa shape index (κ1) is 18.6. The Morgan fingerprint density at radius 2 is 1.95 bits per heavy atom. The number of amides is 1. The molecule has 0 aliphatic carbocycles. The van der Waals surface area contributed by atoms with Crippen LogP contribution in [0.1, 0.15) is 23.7 Å². The van der Waals surface area contributed by atoms with Crippen LogP contribution in [0.25, 0.3) is 0 Å². The fraction of sp³-hybridized carbons (Fsp3) is 0.500. The van der Waals surface area contributed by atoms with Crippen LogP contribution in [-0.2, 0) is 14.3 Å². The molecular weight excluding hydrogens is 350 g/mol. The molecule has 6 heteroatoms. The second-order valence-electron chi connectivity index (χ2n) is 5.00. The number of methoxy groups -OCH3 is 2. The number of ether oxygens (including phenoxy) is 2. The molecule has 0 fully saturated rings. The third-order valence-electron chi connectivity index (χ3n) is 3.27. The van der Waals surface area contributed by atoms with Crippen molar-refractivity contribution in [3.63, 3.8) is 0 Å². The summed E-state index contributed by atoms with van der Waals surface area (Å²) in [4.78, 5) is 26.0. The van der Waals surface area contributed by atoms with E-state index in [4.69, 9.17) is 9.47 Å². The molecule has 1 rings (SSSR count). The largest absolute Gasteiger partial charge is 0.469 e. The summed E-state index contributed by atoms with van der Waals surface area (Å²) in [5.41, 5.74) is 0.581. The van der Waals surface area contributed by atoms with E-state index in [1.54, 1.807) is 25.0 Å². The van der Waals surface area contributed by atoms with E-state index < -0.39 is 0 Å². The van der Waals surface area contributed by atoms with Crippen LogP contribution < -0.4 is 0 Å². The highest BCUT2D eigenvalue weighted by molar-refractivity contribution is 9.10. The molecule has 0 spiro atoms. The van der Waals surface area contributed by atoms with E-state index in [2.05, 4.69) is 15.9 Å². The van der Waals surface area contributed by atoms with Gasteiger partial charge in [-0.05, 0) is 34.5 Å². The van der Waals surface area contributed by atoms with E-state index in [1.807, 2.05) is 18.2 Å². The average Bonchev–Trinajstić information content (AvgIpc) is 2.53. The molecule has 22 heavy (non-hydrogen) atoms. The summed E-state index contributed by atoms with van der Waals surface area (Å²) >= 11 is 3.39. The first-order valence-electron chi connectivity index (χ1n) is 7.11. The Labute approximate surface area is 139 Å². The Hall–Kier alpha value is -1.40. The molecule has 1 amide bonds. The molecule has 0 saturated heterocycles. The molecular formula is C16H22BrNO4. The van der Waals surface area contributed by atoms with Crippen molar-refractivity contribution < 1.29 is 19.1 Å². The number of nitrogens with zero attached hydrogens (tertiary/aromatic N) is 1. The number of hydrogen-bond acceptors (Lipinski definition) is 4. The summed E-state index contributed by atoms with van der Waals surface area (Å²) in [6.45, 7) is 3.15. The van der Waals surface area contributed by atoms with Gasteiger partial charge in [-0.3, -0.25) is 9.59 Å². The van der Waals surface area contributed by atoms with E-state index in [1.165, 1.54) is 7.11 Å². The van der Waals surface area contributed by atoms with Crippen molar-refractivity contribution in [1.29, 1.82) is 0 Å². The zero-order valence-corrected chi connectivity index (χ0v) is 14.8. The maximum Gasteiger partial charge on any atom is 0.310 e. The van der Waals surface area contributed by atoms with Gasteiger partial charge < -0.3 is 14.4 Å². The van der Waals surface area contributed by atoms with Crippen molar-refractivity contribution in [2.75, 3.05) is 33.9 Å². The van der Waals surface area contributed by atoms with Gasteiger partial charge in [-0.2, -0.15) is 0 Å². The van der Waals surface area contributed by atoms with Crippen molar-refractivity contribution in [1.82, 2.24) is 4.90 Å². The second kappa shape index (κ2) is 9.58. The molecule has 0 radical (unpaired) electrons. The van der Waals surface area contributed by atoms with Crippen LogP contribution in [0.15, 0.2) is 28.7 Å². The number of carbonyl (C=O) groups is 2. The molecule has 122 valence electrons. The summed E-state index contributed by atoms with van der Waals surface area (Å²) in [5.74, 6) is -0.810. The maximum absolute atomic E-state index is 12.7. The molecule has 0 aromatic heterocycles. The molecule has 0 bridgehead atoms. The SMILES string of the molecule is COCCCN(CC(C)C(=O)OC)C(=O)c1ccccc1Br. The minimum absolute atomic E-state index is 0.112. The van der Waals surface area contributed by atoms with Crippen molar-refractivity contribution in [3.05, 3.63) is 34.3 Å². The zero-order chi connectivity index (χ0) is 16.5. The molecule has 0 aliphatic rings. The van der Waals surface area contributed by atoms with Crippen molar-refractivity contribution >= 4 is 27.8 Å². The number of esters is 1. The zero-order valence-electron chi connectivity index (χ0n) is 13.2. The monoisotopic (exact) mass is 371 g/mol. The van der Waals surface area contributed by atoms with Gasteiger partial charge in [-0.15, -0.1) is 0 Å². The standard InChI is InChI=1S/C16H22BrNO4/c1-12(16(20)22-3)11-18(9-6-10-21-2)15(19)13-7-4-5-8-14(13)17/h4-5,7-8,12H,6,9-11H2,1-3H3. The van der Waals surface area contributed by atoms with Crippen LogP contribution in [-0.4, -0.2) is 50.7 Å². The van der Waals surface area contributed by atoms with Gasteiger partial charge in [0.1, 0.15) is 0 Å².